The number of hydrogen-bond donors (Lipinski definition) is 2. The summed E-state index contributed by atoms with van der Waals surface area (Å²) in [6.45, 7) is 1.04. The van der Waals surface area contributed by atoms with Gasteiger partial charge in [0, 0.05) is 24.7 Å². The van der Waals surface area contributed by atoms with Crippen LogP contribution in [0.2, 0.25) is 0 Å². The maximum Gasteiger partial charge on any atom is 0.337 e. The lowest BCUT2D eigenvalue weighted by Crippen LogP contribution is -2.40. The number of aromatic nitrogens is 2. The molecule has 6 rings (SSSR count). The third kappa shape index (κ3) is 4.39. The van der Waals surface area contributed by atoms with Gasteiger partial charge in [0.05, 0.1) is 51.4 Å². The molecule has 5 aromatic rings. The van der Waals surface area contributed by atoms with Crippen molar-refractivity contribution in [3.8, 4) is 11.1 Å². The Morgan fingerprint density at radius 2 is 1.74 bits per heavy atom. The Bertz CT molecular complexity index is 1800. The Balaban J connectivity index is 1.56. The summed E-state index contributed by atoms with van der Waals surface area (Å²) in [6, 6.07) is 18.0. The van der Waals surface area contributed by atoms with Gasteiger partial charge in [-0.1, -0.05) is 24.3 Å². The van der Waals surface area contributed by atoms with Crippen molar-refractivity contribution in [3.63, 3.8) is 0 Å². The van der Waals surface area contributed by atoms with E-state index in [-0.39, 0.29) is 34.9 Å². The van der Waals surface area contributed by atoms with Gasteiger partial charge >= 0.3 is 5.97 Å². The number of carbonyl (C=O) groups is 1. The Kier molecular flexibility index (Phi) is 6.28. The summed E-state index contributed by atoms with van der Waals surface area (Å²) in [6.07, 6.45) is 1.33. The Labute approximate surface area is 222 Å². The fourth-order valence-electron chi connectivity index (χ4n) is 4.56. The highest BCUT2D eigenvalue weighted by Gasteiger charge is 2.30. The largest absolute Gasteiger partial charge is 0.478 e. The number of para-hydroxylation sites is 1. The van der Waals surface area contributed by atoms with E-state index in [9.17, 15) is 18.3 Å². The highest BCUT2D eigenvalue weighted by molar-refractivity contribution is 7.89. The molecule has 0 unspecified atom stereocenters. The van der Waals surface area contributed by atoms with Gasteiger partial charge in [0.15, 0.2) is 0 Å². The van der Waals surface area contributed by atoms with E-state index in [4.69, 9.17) is 4.74 Å². The third-order valence-corrected chi connectivity index (χ3v) is 9.22. The summed E-state index contributed by atoms with van der Waals surface area (Å²) in [5, 5.41) is 13.5. The van der Waals surface area contributed by atoms with Crippen LogP contribution in [-0.2, 0) is 14.8 Å². The monoisotopic (exact) mass is 546 g/mol. The summed E-state index contributed by atoms with van der Waals surface area (Å²) >= 11 is 1.56. The molecule has 0 atom stereocenters. The molecule has 0 spiro atoms. The van der Waals surface area contributed by atoms with Crippen LogP contribution in [0.3, 0.4) is 0 Å². The van der Waals surface area contributed by atoms with Crippen LogP contribution in [0.5, 0.6) is 0 Å². The van der Waals surface area contributed by atoms with E-state index in [0.29, 0.717) is 24.1 Å². The number of nitrogens with one attached hydrogen (secondary N) is 1. The zero-order valence-electron chi connectivity index (χ0n) is 20.0. The number of aromatic carboxylic acids is 1. The first kappa shape index (κ1) is 24.4. The third-order valence-electron chi connectivity index (χ3n) is 6.50. The van der Waals surface area contributed by atoms with Gasteiger partial charge in [0.2, 0.25) is 10.0 Å². The number of nitrogens with zero attached hydrogens (tertiary/aromatic N) is 3. The van der Waals surface area contributed by atoms with Crippen LogP contribution >= 0.6 is 11.3 Å². The molecule has 0 amide bonds. The predicted octanol–water partition coefficient (Wildman–Crippen LogP) is 4.97. The minimum atomic E-state index is -3.96. The quantitative estimate of drug-likeness (QED) is 0.306. The van der Waals surface area contributed by atoms with Crippen LogP contribution in [0.4, 0.5) is 11.4 Å². The number of fused-ring (bicyclic) bond motifs is 2. The summed E-state index contributed by atoms with van der Waals surface area (Å²) in [5.41, 5.74) is 5.59. The predicted molar refractivity (Wildman–Crippen MR) is 147 cm³/mol. The number of carboxylic acid groups (broad SMARTS) is 1. The Hall–Kier alpha value is -3.90. The second-order valence-corrected chi connectivity index (χ2v) is 11.5. The van der Waals surface area contributed by atoms with E-state index in [1.54, 1.807) is 35.0 Å². The van der Waals surface area contributed by atoms with Crippen molar-refractivity contribution in [2.24, 2.45) is 0 Å². The number of carboxylic acids is 1. The van der Waals surface area contributed by atoms with E-state index in [2.05, 4.69) is 15.3 Å². The molecular weight excluding hydrogens is 524 g/mol. The molecule has 38 heavy (non-hydrogen) atoms. The number of rotatable bonds is 6. The normalized spacial score (nSPS) is 14.6. The van der Waals surface area contributed by atoms with Crippen LogP contribution in [0.15, 0.2) is 77.3 Å². The molecule has 2 N–H and O–H groups in total. The molecule has 2 aromatic heterocycles. The fraction of sp³-hybridized carbons (Fsp3) is 0.148. The molecule has 0 bridgehead atoms. The molecule has 9 nitrogen and oxygen atoms in total. The molecule has 0 radical (unpaired) electrons. The molecule has 1 saturated heterocycles. The first-order chi connectivity index (χ1) is 18.4. The number of benzene rings is 3. The first-order valence-electron chi connectivity index (χ1n) is 11.9. The zero-order valence-corrected chi connectivity index (χ0v) is 21.6. The van der Waals surface area contributed by atoms with Gasteiger partial charge in [-0.25, -0.2) is 18.2 Å². The van der Waals surface area contributed by atoms with Crippen LogP contribution < -0.4 is 5.32 Å². The molecule has 11 heteroatoms. The minimum Gasteiger partial charge on any atom is -0.478 e. The van der Waals surface area contributed by atoms with Crippen LogP contribution in [0, 0.1) is 0 Å². The van der Waals surface area contributed by atoms with E-state index in [1.807, 2.05) is 36.4 Å². The van der Waals surface area contributed by atoms with Crippen molar-refractivity contribution >= 4 is 59.8 Å². The standard InChI is InChI=1S/C27H22N4O5S2/c32-27(33)19-3-1-2-4-22(19)30-26-20-13-17(18-6-8-24-23(14-18)29-16-37-24)5-7-21(20)28-15-25(26)38(34,35)31-9-11-36-12-10-31/h1-8,13-16H,9-12H2,(H,28,30)(H,32,33). The lowest BCUT2D eigenvalue weighted by molar-refractivity contribution is 0.0698. The van der Waals surface area contributed by atoms with Crippen LogP contribution in [0.1, 0.15) is 10.4 Å². The molecule has 3 aromatic carbocycles. The second-order valence-electron chi connectivity index (χ2n) is 8.76. The SMILES string of the molecule is O=C(O)c1ccccc1Nc1c(S(=O)(=O)N2CCOCC2)cnc2ccc(-c3ccc4scnc4c3)cc12. The van der Waals surface area contributed by atoms with Gasteiger partial charge < -0.3 is 15.2 Å². The highest BCUT2D eigenvalue weighted by atomic mass is 32.2. The molecule has 0 aliphatic carbocycles. The van der Waals surface area contributed by atoms with Crippen molar-refractivity contribution in [3.05, 3.63) is 77.9 Å². The topological polar surface area (TPSA) is 122 Å². The number of pyridine rings is 1. The van der Waals surface area contributed by atoms with Gasteiger partial charge in [-0.15, -0.1) is 11.3 Å². The first-order valence-corrected chi connectivity index (χ1v) is 14.2. The number of ether oxygens (including phenoxy) is 1. The van der Waals surface area contributed by atoms with Gasteiger partial charge in [0.1, 0.15) is 4.90 Å². The van der Waals surface area contributed by atoms with Crippen molar-refractivity contribution < 1.29 is 23.1 Å². The lowest BCUT2D eigenvalue weighted by Gasteiger charge is -2.27. The summed E-state index contributed by atoms with van der Waals surface area (Å²) < 4.78 is 35.4. The zero-order chi connectivity index (χ0) is 26.3. The van der Waals surface area contributed by atoms with Crippen molar-refractivity contribution in [2.75, 3.05) is 31.6 Å². The Morgan fingerprint density at radius 3 is 2.55 bits per heavy atom. The van der Waals surface area contributed by atoms with E-state index < -0.39 is 16.0 Å². The van der Waals surface area contributed by atoms with Crippen molar-refractivity contribution in [1.82, 2.24) is 14.3 Å². The van der Waals surface area contributed by atoms with Gasteiger partial charge in [-0.3, -0.25) is 4.98 Å². The maximum absolute atomic E-state index is 13.8. The van der Waals surface area contributed by atoms with Crippen LogP contribution in [-0.4, -0.2) is 60.1 Å². The number of anilines is 2. The fourth-order valence-corrected chi connectivity index (χ4v) is 6.73. The van der Waals surface area contributed by atoms with E-state index >= 15 is 0 Å². The smallest absolute Gasteiger partial charge is 0.337 e. The average Bonchev–Trinajstić information content (AvgIpc) is 3.41. The number of sulfonamides is 1. The summed E-state index contributed by atoms with van der Waals surface area (Å²) in [5.74, 6) is -1.12. The minimum absolute atomic E-state index is 0.0253. The van der Waals surface area contributed by atoms with Crippen LogP contribution in [0.25, 0.3) is 32.2 Å². The second kappa shape index (κ2) is 9.76. The van der Waals surface area contributed by atoms with E-state index in [0.717, 1.165) is 21.3 Å². The molecule has 3 heterocycles. The lowest BCUT2D eigenvalue weighted by atomic mass is 10.0. The van der Waals surface area contributed by atoms with Gasteiger partial charge in [0.25, 0.3) is 0 Å². The van der Waals surface area contributed by atoms with Crippen molar-refractivity contribution in [2.45, 2.75) is 4.90 Å². The molecule has 1 aliphatic rings. The van der Waals surface area contributed by atoms with Crippen molar-refractivity contribution in [1.29, 1.82) is 0 Å². The average molecular weight is 547 g/mol. The molecule has 0 saturated carbocycles. The number of morpholine rings is 1. The highest BCUT2D eigenvalue weighted by Crippen LogP contribution is 2.37. The van der Waals surface area contributed by atoms with Gasteiger partial charge in [-0.2, -0.15) is 4.31 Å². The number of thiazole rings is 1. The molecule has 192 valence electrons. The molecule has 1 aliphatic heterocycles. The molecular formula is C27H22N4O5S2. The summed E-state index contributed by atoms with van der Waals surface area (Å²) in [7, 11) is -3.96. The van der Waals surface area contributed by atoms with Gasteiger partial charge in [-0.05, 0) is 47.5 Å². The maximum atomic E-state index is 13.8. The van der Waals surface area contributed by atoms with E-state index in [1.165, 1.54) is 16.6 Å². The molecule has 1 fully saturated rings. The summed E-state index contributed by atoms with van der Waals surface area (Å²) in [4.78, 5) is 20.8. The Morgan fingerprint density at radius 1 is 0.974 bits per heavy atom. The number of hydrogen-bond acceptors (Lipinski definition) is 8.